The summed E-state index contributed by atoms with van der Waals surface area (Å²) in [7, 11) is 1.58. The van der Waals surface area contributed by atoms with Gasteiger partial charge in [-0.1, -0.05) is 26.0 Å². The molecule has 0 bridgehead atoms. The van der Waals surface area contributed by atoms with Crippen LogP contribution in [0.2, 0.25) is 0 Å². The third kappa shape index (κ3) is 38.9. The zero-order chi connectivity index (χ0) is 37.3. The van der Waals surface area contributed by atoms with E-state index in [2.05, 4.69) is 49.3 Å². The van der Waals surface area contributed by atoms with Crippen LogP contribution in [0.3, 0.4) is 0 Å². The van der Waals surface area contributed by atoms with Crippen molar-refractivity contribution in [1.82, 2.24) is 10.6 Å². The number of unbranched alkanes of at least 4 members (excludes halogenated alkanes) is 6. The molecule has 0 saturated heterocycles. The van der Waals surface area contributed by atoms with Gasteiger partial charge in [-0.2, -0.15) is 0 Å². The molecule has 0 atom stereocenters. The normalized spacial score (nSPS) is 10.6. The van der Waals surface area contributed by atoms with Gasteiger partial charge in [0, 0.05) is 32.4 Å². The molecule has 0 fully saturated rings. The van der Waals surface area contributed by atoms with Crippen LogP contribution in [0.15, 0.2) is 24.3 Å². The number of hydrogen-bond donors (Lipinski definition) is 2. The number of nitrogens with one attached hydrogen (secondary N) is 2. The van der Waals surface area contributed by atoms with E-state index in [9.17, 15) is 24.0 Å². The average molecular weight is 689 g/mol. The van der Waals surface area contributed by atoms with Crippen LogP contribution in [0.1, 0.15) is 99.8 Å². The zero-order valence-corrected chi connectivity index (χ0v) is 30.9. The highest BCUT2D eigenvalue weighted by Crippen LogP contribution is 2.14. The summed E-state index contributed by atoms with van der Waals surface area (Å²) in [5, 5.41) is 4.96. The van der Waals surface area contributed by atoms with Gasteiger partial charge in [-0.15, -0.1) is 0 Å². The van der Waals surface area contributed by atoms with Gasteiger partial charge in [0.15, 0.2) is 5.60 Å². The number of aldehydes is 1. The van der Waals surface area contributed by atoms with Crippen molar-refractivity contribution < 1.29 is 52.4 Å². The van der Waals surface area contributed by atoms with Gasteiger partial charge < -0.3 is 39.1 Å². The molecule has 0 aromatic rings. The van der Waals surface area contributed by atoms with E-state index in [1.807, 2.05) is 0 Å². The fourth-order valence-corrected chi connectivity index (χ4v) is 3.07. The van der Waals surface area contributed by atoms with Gasteiger partial charge in [-0.05, 0) is 92.6 Å². The van der Waals surface area contributed by atoms with Gasteiger partial charge >= 0.3 is 18.0 Å². The minimum absolute atomic E-state index is 0.0856. The molecule has 0 aromatic carbocycles. The minimum atomic E-state index is -0.941. The highest BCUT2D eigenvalue weighted by atomic mass is 16.6. The second kappa shape index (κ2) is 32.3. The average Bonchev–Trinajstić information content (AvgIpc) is 3.01. The lowest BCUT2D eigenvalue weighted by atomic mass is 10.1. The van der Waals surface area contributed by atoms with Gasteiger partial charge in [0.2, 0.25) is 6.41 Å². The Bertz CT molecular complexity index is 899. The van der Waals surface area contributed by atoms with E-state index < -0.39 is 17.7 Å². The molecule has 0 saturated carbocycles. The number of alkyl carbamates (subject to hydrolysis) is 1. The third-order valence-electron chi connectivity index (χ3n) is 5.72. The molecular weight excluding hydrogens is 624 g/mol. The van der Waals surface area contributed by atoms with Crippen molar-refractivity contribution in [3.63, 3.8) is 0 Å². The van der Waals surface area contributed by atoms with E-state index in [4.69, 9.17) is 23.7 Å². The minimum Gasteiger partial charge on any atom is -0.464 e. The predicted molar refractivity (Wildman–Crippen MR) is 186 cm³/mol. The Labute approximate surface area is 288 Å². The number of carbonyl (C=O) groups excluding carboxylic acids is 5. The molecular formula is C35H64N2O11. The van der Waals surface area contributed by atoms with Crippen molar-refractivity contribution in [1.29, 1.82) is 0 Å². The summed E-state index contributed by atoms with van der Waals surface area (Å²) in [6.45, 7) is 23.1. The van der Waals surface area contributed by atoms with E-state index in [1.165, 1.54) is 0 Å². The van der Waals surface area contributed by atoms with Crippen LogP contribution in [-0.2, 0) is 47.6 Å². The number of ether oxygens (including phenoxy) is 6. The molecule has 0 aliphatic heterocycles. The largest absolute Gasteiger partial charge is 0.464 e. The fourth-order valence-electron chi connectivity index (χ4n) is 3.07. The number of methoxy groups -OCH3 is 1. The van der Waals surface area contributed by atoms with E-state index in [1.54, 1.807) is 34.8 Å². The van der Waals surface area contributed by atoms with Gasteiger partial charge in [0.25, 0.3) is 0 Å². The number of hydrogen-bond acceptors (Lipinski definition) is 11. The SMILES string of the molecule is C=C(C)C(=O)OCCNC=O.C=C(C)C=O.COCCNC(=O)OCCCCCCOC(C)(C)C(=O)OCCCCCCOC(C)(C)C. The molecule has 0 spiro atoms. The Kier molecular flexibility index (Phi) is 33.0. The quantitative estimate of drug-likeness (QED) is 0.0423. The van der Waals surface area contributed by atoms with Gasteiger partial charge in [0.05, 0.1) is 32.0 Å². The Morgan fingerprint density at radius 1 is 0.667 bits per heavy atom. The lowest BCUT2D eigenvalue weighted by Gasteiger charge is -2.23. The maximum Gasteiger partial charge on any atom is 0.407 e. The molecule has 280 valence electrons. The molecule has 13 nitrogen and oxygen atoms in total. The standard InChI is InChI=1S/C24H47NO7.C7H11NO3.C4H6O/c1-23(2,3)31-18-13-9-7-11-16-29-21(26)24(4,5)32-19-14-10-8-12-17-30-22(27)25-15-20-28-6;1-6(2)7(10)11-4-3-8-5-9;1-4(2)3-5/h7-20H2,1-6H3,(H,25,27);5H,1,3-4H2,2H3,(H,8,9);3H,1H2,2H3. The molecule has 0 heterocycles. The van der Waals surface area contributed by atoms with Crippen LogP contribution in [0, 0.1) is 0 Å². The maximum absolute atomic E-state index is 12.2. The number of allylic oxidation sites excluding steroid dienone is 1. The van der Waals surface area contributed by atoms with Crippen molar-refractivity contribution in [2.75, 3.05) is 59.8 Å². The highest BCUT2D eigenvalue weighted by Gasteiger charge is 2.30. The van der Waals surface area contributed by atoms with E-state index in [0.717, 1.165) is 64.3 Å². The summed E-state index contributed by atoms with van der Waals surface area (Å²) in [5.41, 5.74) is -0.0945. The number of carbonyl (C=O) groups is 5. The first-order valence-electron chi connectivity index (χ1n) is 16.5. The first kappa shape index (κ1) is 49.1. The summed E-state index contributed by atoms with van der Waals surface area (Å²) in [4.78, 5) is 53.4. The fraction of sp³-hybridized carbons (Fsp3) is 0.743. The summed E-state index contributed by atoms with van der Waals surface area (Å²) >= 11 is 0. The van der Waals surface area contributed by atoms with Gasteiger partial charge in [-0.3, -0.25) is 9.59 Å². The van der Waals surface area contributed by atoms with Crippen LogP contribution in [0.5, 0.6) is 0 Å². The molecule has 2 N–H and O–H groups in total. The third-order valence-corrected chi connectivity index (χ3v) is 5.72. The maximum atomic E-state index is 12.2. The van der Waals surface area contributed by atoms with E-state index in [0.29, 0.717) is 57.1 Å². The van der Waals surface area contributed by atoms with Gasteiger partial charge in [0.1, 0.15) is 12.9 Å². The molecule has 0 unspecified atom stereocenters. The first-order valence-corrected chi connectivity index (χ1v) is 16.5. The topological polar surface area (TPSA) is 165 Å². The van der Waals surface area contributed by atoms with E-state index >= 15 is 0 Å². The van der Waals surface area contributed by atoms with Crippen molar-refractivity contribution in [2.45, 2.75) is 111 Å². The lowest BCUT2D eigenvalue weighted by molar-refractivity contribution is -0.168. The molecule has 0 aromatic heterocycles. The Morgan fingerprint density at radius 3 is 1.62 bits per heavy atom. The monoisotopic (exact) mass is 688 g/mol. The van der Waals surface area contributed by atoms with Crippen molar-refractivity contribution in [3.05, 3.63) is 24.3 Å². The Morgan fingerprint density at radius 2 is 1.17 bits per heavy atom. The molecule has 0 aliphatic rings. The Hall–Kier alpha value is -3.29. The smallest absolute Gasteiger partial charge is 0.407 e. The summed E-state index contributed by atoms with van der Waals surface area (Å²) < 4.78 is 31.4. The first-order chi connectivity index (χ1) is 22.5. The molecule has 0 rings (SSSR count). The second-order valence-electron chi connectivity index (χ2n) is 12.3. The van der Waals surface area contributed by atoms with Crippen LogP contribution >= 0.6 is 0 Å². The van der Waals surface area contributed by atoms with Crippen LogP contribution in [0.4, 0.5) is 4.79 Å². The van der Waals surface area contributed by atoms with E-state index in [-0.39, 0.29) is 18.2 Å². The number of amides is 2. The predicted octanol–water partition coefficient (Wildman–Crippen LogP) is 5.25. The molecule has 48 heavy (non-hydrogen) atoms. The summed E-state index contributed by atoms with van der Waals surface area (Å²) in [6.07, 6.45) is 8.32. The van der Waals surface area contributed by atoms with Crippen molar-refractivity contribution in [3.8, 4) is 0 Å². The molecule has 0 radical (unpaired) electrons. The second-order valence-corrected chi connectivity index (χ2v) is 12.3. The zero-order valence-electron chi connectivity index (χ0n) is 30.9. The number of esters is 2. The number of rotatable bonds is 25. The highest BCUT2D eigenvalue weighted by molar-refractivity contribution is 5.86. The molecule has 13 heteroatoms. The van der Waals surface area contributed by atoms with Crippen LogP contribution in [0.25, 0.3) is 0 Å². The molecule has 0 aliphatic carbocycles. The Balaban J connectivity index is -0.00000104. The lowest BCUT2D eigenvalue weighted by Crippen LogP contribution is -2.37. The van der Waals surface area contributed by atoms with Crippen LogP contribution in [-0.4, -0.2) is 102 Å². The van der Waals surface area contributed by atoms with Crippen molar-refractivity contribution >= 4 is 30.7 Å². The molecule has 2 amide bonds. The summed E-state index contributed by atoms with van der Waals surface area (Å²) in [6, 6.07) is 0. The van der Waals surface area contributed by atoms with Crippen LogP contribution < -0.4 is 10.6 Å². The van der Waals surface area contributed by atoms with Crippen molar-refractivity contribution in [2.24, 2.45) is 0 Å². The summed E-state index contributed by atoms with van der Waals surface area (Å²) in [5.74, 6) is -0.751. The van der Waals surface area contributed by atoms with Gasteiger partial charge in [-0.25, -0.2) is 14.4 Å².